The Hall–Kier alpha value is -2.36. The number of amides is 2. The zero-order valence-electron chi connectivity index (χ0n) is 13.9. The Morgan fingerprint density at radius 1 is 1.44 bits per heavy atom. The van der Waals surface area contributed by atoms with Gasteiger partial charge in [0.15, 0.2) is 5.69 Å². The van der Waals surface area contributed by atoms with Gasteiger partial charge in [-0.15, -0.1) is 16.4 Å². The van der Waals surface area contributed by atoms with Gasteiger partial charge in [-0.3, -0.25) is 9.59 Å². The van der Waals surface area contributed by atoms with E-state index in [0.29, 0.717) is 5.69 Å². The maximum Gasteiger partial charge on any atom is 0.273 e. The predicted octanol–water partition coefficient (Wildman–Crippen LogP) is 1.13. The van der Waals surface area contributed by atoms with Gasteiger partial charge in [0.25, 0.3) is 11.8 Å². The molecule has 0 saturated carbocycles. The summed E-state index contributed by atoms with van der Waals surface area (Å²) in [6.07, 6.45) is 0.651. The Bertz CT molecular complexity index is 747. The Morgan fingerprint density at radius 3 is 2.92 bits per heavy atom. The van der Waals surface area contributed by atoms with Crippen LogP contribution in [0, 0.1) is 0 Å². The van der Waals surface area contributed by atoms with Crippen LogP contribution in [-0.2, 0) is 6.54 Å². The largest absolute Gasteiger partial charge is 0.348 e. The maximum absolute atomic E-state index is 13.9. The number of carbonyl (C=O) groups is 2. The molecule has 1 N–H and O–H groups in total. The van der Waals surface area contributed by atoms with Gasteiger partial charge in [-0.1, -0.05) is 5.21 Å². The van der Waals surface area contributed by atoms with Crippen LogP contribution >= 0.6 is 11.3 Å². The normalized spacial score (nSPS) is 20.2. The number of likely N-dealkylation sites (tertiary alicyclic amines) is 1. The third-order valence-corrected chi connectivity index (χ3v) is 4.45. The van der Waals surface area contributed by atoms with E-state index in [2.05, 4.69) is 20.6 Å². The SMILES string of the molecule is CC(C)NC(=O)c1cn(C[C@@H]2C[C@H](F)CN2C(=O)c2cscn2)nn1. The quantitative estimate of drug-likeness (QED) is 0.856. The summed E-state index contributed by atoms with van der Waals surface area (Å²) in [4.78, 5) is 29.9. The van der Waals surface area contributed by atoms with E-state index in [1.807, 2.05) is 13.8 Å². The molecule has 1 aliphatic heterocycles. The highest BCUT2D eigenvalue weighted by atomic mass is 32.1. The Kier molecular flexibility index (Phi) is 5.07. The number of rotatable bonds is 5. The molecule has 0 bridgehead atoms. The third-order valence-electron chi connectivity index (χ3n) is 3.86. The molecule has 3 rings (SSSR count). The zero-order chi connectivity index (χ0) is 18.0. The lowest BCUT2D eigenvalue weighted by Gasteiger charge is -2.23. The Morgan fingerprint density at radius 2 is 2.24 bits per heavy atom. The Balaban J connectivity index is 1.69. The molecule has 25 heavy (non-hydrogen) atoms. The summed E-state index contributed by atoms with van der Waals surface area (Å²) in [6, 6.07) is -0.363. The molecule has 3 heterocycles. The number of thiazole rings is 1. The van der Waals surface area contributed by atoms with Crippen LogP contribution in [0.4, 0.5) is 4.39 Å². The molecule has 2 atom stereocenters. The summed E-state index contributed by atoms with van der Waals surface area (Å²) in [5.41, 5.74) is 2.09. The van der Waals surface area contributed by atoms with Crippen LogP contribution in [0.5, 0.6) is 0 Å². The summed E-state index contributed by atoms with van der Waals surface area (Å²) in [7, 11) is 0. The first-order chi connectivity index (χ1) is 11.9. The second kappa shape index (κ2) is 7.26. The standard InChI is InChI=1S/C15H19FN6O2S/c1-9(2)18-14(23)12-6-21(20-19-12)5-11-3-10(16)4-22(11)15(24)13-7-25-8-17-13/h6-11H,3-5H2,1-2H3,(H,18,23)/t10-,11-/m0/s1. The third kappa shape index (κ3) is 4.01. The molecular formula is C15H19FN6O2S. The van der Waals surface area contributed by atoms with Crippen molar-refractivity contribution in [2.75, 3.05) is 6.54 Å². The first-order valence-corrected chi connectivity index (χ1v) is 8.92. The summed E-state index contributed by atoms with van der Waals surface area (Å²) in [6.45, 7) is 4.02. The van der Waals surface area contributed by atoms with Crippen LogP contribution in [0.3, 0.4) is 0 Å². The van der Waals surface area contributed by atoms with Gasteiger partial charge in [-0.05, 0) is 13.8 Å². The van der Waals surface area contributed by atoms with E-state index in [0.717, 1.165) is 0 Å². The van der Waals surface area contributed by atoms with Crippen molar-refractivity contribution < 1.29 is 14.0 Å². The molecule has 1 fully saturated rings. The van der Waals surface area contributed by atoms with E-state index in [9.17, 15) is 14.0 Å². The van der Waals surface area contributed by atoms with E-state index < -0.39 is 6.17 Å². The van der Waals surface area contributed by atoms with Crippen LogP contribution < -0.4 is 5.32 Å². The molecule has 0 radical (unpaired) electrons. The molecule has 1 aliphatic rings. The minimum atomic E-state index is -1.08. The van der Waals surface area contributed by atoms with E-state index in [-0.39, 0.29) is 49.1 Å². The number of carbonyl (C=O) groups excluding carboxylic acids is 2. The van der Waals surface area contributed by atoms with Crippen LogP contribution in [-0.4, -0.2) is 61.5 Å². The molecule has 0 aromatic carbocycles. The molecule has 2 aromatic heterocycles. The van der Waals surface area contributed by atoms with Gasteiger partial charge in [-0.25, -0.2) is 14.1 Å². The van der Waals surface area contributed by atoms with E-state index in [1.165, 1.54) is 27.1 Å². The number of nitrogens with zero attached hydrogens (tertiary/aromatic N) is 5. The number of hydrogen-bond donors (Lipinski definition) is 1. The lowest BCUT2D eigenvalue weighted by molar-refractivity contribution is 0.0709. The molecule has 8 nitrogen and oxygen atoms in total. The summed E-state index contributed by atoms with van der Waals surface area (Å²) in [5.74, 6) is -0.601. The number of halogens is 1. The van der Waals surface area contributed by atoms with Crippen LogP contribution in [0.15, 0.2) is 17.1 Å². The fraction of sp³-hybridized carbons (Fsp3) is 0.533. The Labute approximate surface area is 148 Å². The van der Waals surface area contributed by atoms with Crippen LogP contribution in [0.25, 0.3) is 0 Å². The van der Waals surface area contributed by atoms with Crippen molar-refractivity contribution in [1.82, 2.24) is 30.2 Å². The minimum absolute atomic E-state index is 0.00833. The zero-order valence-corrected chi connectivity index (χ0v) is 14.7. The molecular weight excluding hydrogens is 347 g/mol. The highest BCUT2D eigenvalue weighted by molar-refractivity contribution is 7.07. The average molecular weight is 366 g/mol. The van der Waals surface area contributed by atoms with E-state index in [1.54, 1.807) is 10.9 Å². The number of alkyl halides is 1. The molecule has 2 amide bonds. The fourth-order valence-electron chi connectivity index (χ4n) is 2.79. The lowest BCUT2D eigenvalue weighted by Crippen LogP contribution is -2.38. The molecule has 134 valence electrons. The molecule has 2 aromatic rings. The van der Waals surface area contributed by atoms with Crippen molar-refractivity contribution in [2.24, 2.45) is 0 Å². The van der Waals surface area contributed by atoms with Gasteiger partial charge in [0.1, 0.15) is 11.9 Å². The molecule has 0 spiro atoms. The van der Waals surface area contributed by atoms with Gasteiger partial charge >= 0.3 is 0 Å². The van der Waals surface area contributed by atoms with Gasteiger partial charge in [0.2, 0.25) is 0 Å². The van der Waals surface area contributed by atoms with Gasteiger partial charge < -0.3 is 10.2 Å². The van der Waals surface area contributed by atoms with Gasteiger partial charge in [-0.2, -0.15) is 0 Å². The monoisotopic (exact) mass is 366 g/mol. The molecule has 10 heteroatoms. The second-order valence-corrected chi connectivity index (χ2v) is 6.99. The fourth-order valence-corrected chi connectivity index (χ4v) is 3.32. The van der Waals surface area contributed by atoms with Crippen molar-refractivity contribution in [1.29, 1.82) is 0 Å². The van der Waals surface area contributed by atoms with Crippen LogP contribution in [0.2, 0.25) is 0 Å². The highest BCUT2D eigenvalue weighted by Gasteiger charge is 2.36. The topological polar surface area (TPSA) is 93.0 Å². The summed E-state index contributed by atoms with van der Waals surface area (Å²) in [5, 5.41) is 12.1. The molecule has 1 saturated heterocycles. The predicted molar refractivity (Wildman–Crippen MR) is 89.1 cm³/mol. The summed E-state index contributed by atoms with van der Waals surface area (Å²) >= 11 is 1.32. The first-order valence-electron chi connectivity index (χ1n) is 7.98. The number of nitrogens with one attached hydrogen (secondary N) is 1. The maximum atomic E-state index is 13.9. The van der Waals surface area contributed by atoms with Gasteiger partial charge in [0, 0.05) is 17.8 Å². The van der Waals surface area contributed by atoms with Gasteiger partial charge in [0.05, 0.1) is 30.8 Å². The molecule has 0 aliphatic carbocycles. The highest BCUT2D eigenvalue weighted by Crippen LogP contribution is 2.24. The average Bonchev–Trinajstić information content (AvgIpc) is 3.27. The summed E-state index contributed by atoms with van der Waals surface area (Å²) < 4.78 is 15.4. The number of hydrogen-bond acceptors (Lipinski definition) is 6. The number of aromatic nitrogens is 4. The molecule has 0 unspecified atom stereocenters. The van der Waals surface area contributed by atoms with Crippen LogP contribution in [0.1, 0.15) is 41.2 Å². The van der Waals surface area contributed by atoms with Crippen molar-refractivity contribution in [3.05, 3.63) is 28.5 Å². The minimum Gasteiger partial charge on any atom is -0.348 e. The smallest absolute Gasteiger partial charge is 0.273 e. The van der Waals surface area contributed by atoms with Crippen molar-refractivity contribution in [3.63, 3.8) is 0 Å². The first kappa shape index (κ1) is 17.5. The van der Waals surface area contributed by atoms with Crippen molar-refractivity contribution in [3.8, 4) is 0 Å². The lowest BCUT2D eigenvalue weighted by atomic mass is 10.2. The van der Waals surface area contributed by atoms with E-state index >= 15 is 0 Å². The van der Waals surface area contributed by atoms with E-state index in [4.69, 9.17) is 0 Å². The van der Waals surface area contributed by atoms with Crippen molar-refractivity contribution >= 4 is 23.2 Å². The second-order valence-electron chi connectivity index (χ2n) is 6.27. The van der Waals surface area contributed by atoms with Crippen molar-refractivity contribution in [2.45, 2.75) is 45.1 Å².